The Balaban J connectivity index is 1.94. The zero-order valence-electron chi connectivity index (χ0n) is 13.3. The van der Waals surface area contributed by atoms with Crippen LogP contribution < -0.4 is 5.32 Å². The normalized spacial score (nSPS) is 32.4. The summed E-state index contributed by atoms with van der Waals surface area (Å²) in [7, 11) is 0. The van der Waals surface area contributed by atoms with Gasteiger partial charge >= 0.3 is 0 Å². The van der Waals surface area contributed by atoms with Crippen molar-refractivity contribution in [1.29, 1.82) is 0 Å². The van der Waals surface area contributed by atoms with E-state index in [0.29, 0.717) is 10.8 Å². The van der Waals surface area contributed by atoms with Crippen molar-refractivity contribution in [3.05, 3.63) is 0 Å². The quantitative estimate of drug-likeness (QED) is 0.844. The van der Waals surface area contributed by atoms with Gasteiger partial charge in [-0.2, -0.15) is 11.8 Å². The maximum atomic E-state index is 6.19. The van der Waals surface area contributed by atoms with Gasteiger partial charge < -0.3 is 10.1 Å². The molecule has 1 saturated heterocycles. The third-order valence-electron chi connectivity index (χ3n) is 4.94. The minimum absolute atomic E-state index is 0.0141. The number of thioether (sulfide) groups is 1. The maximum Gasteiger partial charge on any atom is 0.0787 e. The van der Waals surface area contributed by atoms with Crippen molar-refractivity contribution in [2.24, 2.45) is 0 Å². The monoisotopic (exact) mass is 285 g/mol. The van der Waals surface area contributed by atoms with Crippen LogP contribution in [0.4, 0.5) is 0 Å². The van der Waals surface area contributed by atoms with Crippen LogP contribution in [0.2, 0.25) is 0 Å². The molecule has 2 rings (SSSR count). The predicted molar refractivity (Wildman–Crippen MR) is 85.0 cm³/mol. The van der Waals surface area contributed by atoms with Crippen molar-refractivity contribution < 1.29 is 4.74 Å². The van der Waals surface area contributed by atoms with Gasteiger partial charge in [0.2, 0.25) is 0 Å². The Morgan fingerprint density at radius 1 is 1.11 bits per heavy atom. The highest BCUT2D eigenvalue weighted by Crippen LogP contribution is 2.40. The SMILES string of the molecule is CSC1(CNC2CC(C)(C)OC2(C)C)CCCCC1. The van der Waals surface area contributed by atoms with Crippen molar-refractivity contribution in [3.63, 3.8) is 0 Å². The van der Waals surface area contributed by atoms with Crippen LogP contribution in [0.1, 0.15) is 66.2 Å². The summed E-state index contributed by atoms with van der Waals surface area (Å²) < 4.78 is 6.66. The first kappa shape index (κ1) is 15.7. The van der Waals surface area contributed by atoms with Crippen LogP contribution in [0.5, 0.6) is 0 Å². The third kappa shape index (κ3) is 3.68. The van der Waals surface area contributed by atoms with E-state index in [1.54, 1.807) is 0 Å². The van der Waals surface area contributed by atoms with Crippen LogP contribution in [0, 0.1) is 0 Å². The summed E-state index contributed by atoms with van der Waals surface area (Å²) in [5.41, 5.74) is -0.0297. The van der Waals surface area contributed by atoms with E-state index < -0.39 is 0 Å². The summed E-state index contributed by atoms with van der Waals surface area (Å²) in [4.78, 5) is 0. The van der Waals surface area contributed by atoms with Crippen molar-refractivity contribution in [1.82, 2.24) is 5.32 Å². The zero-order chi connectivity index (χ0) is 14.1. The number of hydrogen-bond donors (Lipinski definition) is 1. The van der Waals surface area contributed by atoms with Crippen LogP contribution in [-0.2, 0) is 4.74 Å². The van der Waals surface area contributed by atoms with E-state index in [1.165, 1.54) is 32.1 Å². The fourth-order valence-electron chi connectivity index (χ4n) is 3.84. The van der Waals surface area contributed by atoms with Gasteiger partial charge in [0.25, 0.3) is 0 Å². The van der Waals surface area contributed by atoms with Gasteiger partial charge in [-0.1, -0.05) is 19.3 Å². The molecule has 1 saturated carbocycles. The zero-order valence-corrected chi connectivity index (χ0v) is 14.2. The Bertz CT molecular complexity index is 308. The molecule has 1 aliphatic carbocycles. The summed E-state index contributed by atoms with van der Waals surface area (Å²) in [5, 5.41) is 3.84. The van der Waals surface area contributed by atoms with Crippen molar-refractivity contribution in [3.8, 4) is 0 Å². The minimum atomic E-state index is -0.0439. The first-order valence-corrected chi connectivity index (χ1v) is 9.00. The molecule has 2 nitrogen and oxygen atoms in total. The van der Waals surface area contributed by atoms with E-state index in [9.17, 15) is 0 Å². The number of ether oxygens (including phenoxy) is 1. The number of nitrogens with one attached hydrogen (secondary N) is 1. The number of hydrogen-bond acceptors (Lipinski definition) is 3. The van der Waals surface area contributed by atoms with Crippen LogP contribution >= 0.6 is 11.8 Å². The fraction of sp³-hybridized carbons (Fsp3) is 1.00. The Labute approximate surface area is 123 Å². The molecule has 1 aliphatic heterocycles. The molecule has 1 heterocycles. The van der Waals surface area contributed by atoms with Crippen molar-refractivity contribution in [2.45, 2.75) is 88.2 Å². The van der Waals surface area contributed by atoms with Gasteiger partial charge in [-0.15, -0.1) is 0 Å². The molecule has 1 unspecified atom stereocenters. The second-order valence-corrected chi connectivity index (χ2v) is 8.82. The van der Waals surface area contributed by atoms with Crippen LogP contribution in [0.15, 0.2) is 0 Å². The molecule has 0 aromatic carbocycles. The molecule has 0 aromatic heterocycles. The summed E-state index contributed by atoms with van der Waals surface area (Å²) >= 11 is 2.07. The van der Waals surface area contributed by atoms with E-state index in [-0.39, 0.29) is 11.2 Å². The molecule has 0 bridgehead atoms. The molecule has 1 atom stereocenters. The van der Waals surface area contributed by atoms with Gasteiger partial charge in [0.1, 0.15) is 0 Å². The third-order valence-corrected chi connectivity index (χ3v) is 6.36. The second-order valence-electron chi connectivity index (χ2n) is 7.55. The molecular formula is C16H31NOS. The Kier molecular flexibility index (Phi) is 4.59. The second kappa shape index (κ2) is 5.57. The molecule has 112 valence electrons. The fourth-order valence-corrected chi connectivity index (χ4v) is 4.76. The van der Waals surface area contributed by atoms with E-state index in [1.807, 2.05) is 0 Å². The summed E-state index contributed by atoms with van der Waals surface area (Å²) in [6.45, 7) is 10.0. The molecule has 0 spiro atoms. The largest absolute Gasteiger partial charge is 0.368 e. The molecule has 2 fully saturated rings. The molecule has 3 heteroatoms. The van der Waals surface area contributed by atoms with Gasteiger partial charge in [-0.25, -0.2) is 0 Å². The van der Waals surface area contributed by atoms with Crippen molar-refractivity contribution in [2.75, 3.05) is 12.8 Å². The molecule has 19 heavy (non-hydrogen) atoms. The van der Waals surface area contributed by atoms with E-state index in [2.05, 4.69) is 51.0 Å². The summed E-state index contributed by atoms with van der Waals surface area (Å²) in [5.74, 6) is 0. The lowest BCUT2D eigenvalue weighted by molar-refractivity contribution is -0.0699. The van der Waals surface area contributed by atoms with Gasteiger partial charge in [0.05, 0.1) is 11.2 Å². The van der Waals surface area contributed by atoms with E-state index >= 15 is 0 Å². The van der Waals surface area contributed by atoms with Crippen LogP contribution in [0.25, 0.3) is 0 Å². The summed E-state index contributed by atoms with van der Waals surface area (Å²) in [6, 6.07) is 0.480. The number of rotatable bonds is 4. The maximum absolute atomic E-state index is 6.19. The first-order valence-electron chi connectivity index (χ1n) is 7.77. The Morgan fingerprint density at radius 2 is 1.74 bits per heavy atom. The van der Waals surface area contributed by atoms with Gasteiger partial charge in [0, 0.05) is 17.3 Å². The molecule has 1 N–H and O–H groups in total. The standard InChI is InChI=1S/C16H31NOS/c1-14(2)11-13(15(3,4)18-14)17-12-16(19-5)9-7-6-8-10-16/h13,17H,6-12H2,1-5H3. The minimum Gasteiger partial charge on any atom is -0.368 e. The van der Waals surface area contributed by atoms with Crippen molar-refractivity contribution >= 4 is 11.8 Å². The molecule has 2 aliphatic rings. The van der Waals surface area contributed by atoms with Crippen LogP contribution in [-0.4, -0.2) is 34.8 Å². The Morgan fingerprint density at radius 3 is 2.21 bits per heavy atom. The highest BCUT2D eigenvalue weighted by atomic mass is 32.2. The summed E-state index contributed by atoms with van der Waals surface area (Å²) in [6.07, 6.45) is 10.4. The lowest BCUT2D eigenvalue weighted by atomic mass is 9.87. The average molecular weight is 285 g/mol. The average Bonchev–Trinajstić information content (AvgIpc) is 2.55. The smallest absolute Gasteiger partial charge is 0.0787 e. The Hall–Kier alpha value is 0.270. The van der Waals surface area contributed by atoms with E-state index in [4.69, 9.17) is 4.74 Å². The molecule has 0 aromatic rings. The van der Waals surface area contributed by atoms with Crippen LogP contribution in [0.3, 0.4) is 0 Å². The molecular weight excluding hydrogens is 254 g/mol. The lowest BCUT2D eigenvalue weighted by Crippen LogP contribution is -2.49. The highest BCUT2D eigenvalue weighted by Gasteiger charge is 2.46. The first-order chi connectivity index (χ1) is 8.79. The topological polar surface area (TPSA) is 21.3 Å². The van der Waals surface area contributed by atoms with Gasteiger partial charge in [-0.05, 0) is 53.2 Å². The van der Waals surface area contributed by atoms with Gasteiger partial charge in [-0.3, -0.25) is 0 Å². The van der Waals surface area contributed by atoms with E-state index in [0.717, 1.165) is 13.0 Å². The highest BCUT2D eigenvalue weighted by molar-refractivity contribution is 8.00. The predicted octanol–water partition coefficient (Wildman–Crippen LogP) is 3.99. The van der Waals surface area contributed by atoms with Gasteiger partial charge in [0.15, 0.2) is 0 Å². The molecule has 0 amide bonds. The molecule has 0 radical (unpaired) electrons. The lowest BCUT2D eigenvalue weighted by Gasteiger charge is -2.38.